The maximum Gasteiger partial charge on any atom is 0.242 e. The van der Waals surface area contributed by atoms with E-state index in [2.05, 4.69) is 23.1 Å². The van der Waals surface area contributed by atoms with Crippen LogP contribution in [0.25, 0.3) is 0 Å². The standard InChI is InChI=1S/C23H29N3O4/c27-21(15-26-22(28)18-3-1-2-4-19(18)23(26)29)25-10-8-24(9-11-25)14-16-5-6-20-17(13-16)7-12-30-20/h5-6,13,18-19H,1-4,7-12,14-15H2/t18-,19-/m0/s1. The fourth-order valence-corrected chi connectivity index (χ4v) is 5.37. The molecule has 30 heavy (non-hydrogen) atoms. The molecule has 2 atom stereocenters. The molecule has 1 aromatic rings. The second-order valence-corrected chi connectivity index (χ2v) is 8.96. The van der Waals surface area contributed by atoms with Gasteiger partial charge in [-0.2, -0.15) is 0 Å². The Hall–Kier alpha value is -2.41. The third-order valence-electron chi connectivity index (χ3n) is 7.11. The quantitative estimate of drug-likeness (QED) is 0.702. The van der Waals surface area contributed by atoms with Crippen molar-refractivity contribution in [1.29, 1.82) is 0 Å². The Morgan fingerprint density at radius 1 is 1.00 bits per heavy atom. The molecule has 0 radical (unpaired) electrons. The fraction of sp³-hybridized carbons (Fsp3) is 0.609. The molecule has 1 aliphatic carbocycles. The number of hydrogen-bond acceptors (Lipinski definition) is 5. The van der Waals surface area contributed by atoms with Crippen LogP contribution in [0.5, 0.6) is 5.75 Å². The molecule has 4 aliphatic rings. The molecule has 3 amide bonds. The van der Waals surface area contributed by atoms with Gasteiger partial charge in [-0.1, -0.05) is 25.0 Å². The number of hydrogen-bond donors (Lipinski definition) is 0. The summed E-state index contributed by atoms with van der Waals surface area (Å²) in [5, 5.41) is 0. The molecule has 3 aliphatic heterocycles. The molecule has 2 saturated heterocycles. The van der Waals surface area contributed by atoms with Crippen LogP contribution in [-0.2, 0) is 27.3 Å². The summed E-state index contributed by atoms with van der Waals surface area (Å²) in [6.45, 7) is 4.41. The van der Waals surface area contributed by atoms with Crippen molar-refractivity contribution in [3.63, 3.8) is 0 Å². The topological polar surface area (TPSA) is 70.2 Å². The number of imide groups is 1. The van der Waals surface area contributed by atoms with Crippen molar-refractivity contribution in [2.75, 3.05) is 39.3 Å². The molecule has 5 rings (SSSR count). The smallest absolute Gasteiger partial charge is 0.242 e. The highest BCUT2D eigenvalue weighted by molar-refractivity contribution is 6.07. The first kappa shape index (κ1) is 19.5. The summed E-state index contributed by atoms with van der Waals surface area (Å²) in [6.07, 6.45) is 4.55. The van der Waals surface area contributed by atoms with Crippen LogP contribution in [0, 0.1) is 11.8 Å². The van der Waals surface area contributed by atoms with Crippen LogP contribution in [0.2, 0.25) is 0 Å². The van der Waals surface area contributed by atoms with Crippen molar-refractivity contribution in [3.05, 3.63) is 29.3 Å². The number of ether oxygens (including phenoxy) is 1. The lowest BCUT2D eigenvalue weighted by molar-refractivity contribution is -0.147. The van der Waals surface area contributed by atoms with Crippen LogP contribution in [0.3, 0.4) is 0 Å². The minimum Gasteiger partial charge on any atom is -0.493 e. The molecule has 0 spiro atoms. The van der Waals surface area contributed by atoms with Crippen molar-refractivity contribution in [1.82, 2.24) is 14.7 Å². The molecular formula is C23H29N3O4. The van der Waals surface area contributed by atoms with Crippen LogP contribution in [0.4, 0.5) is 0 Å². The first-order valence-corrected chi connectivity index (χ1v) is 11.2. The highest BCUT2D eigenvalue weighted by Gasteiger charge is 2.48. The van der Waals surface area contributed by atoms with Crippen LogP contribution < -0.4 is 4.74 Å². The van der Waals surface area contributed by atoms with E-state index in [1.54, 1.807) is 4.90 Å². The third-order valence-corrected chi connectivity index (χ3v) is 7.11. The summed E-state index contributed by atoms with van der Waals surface area (Å²) >= 11 is 0. The number of likely N-dealkylation sites (tertiary alicyclic amines) is 1. The number of fused-ring (bicyclic) bond motifs is 2. The van der Waals surface area contributed by atoms with Gasteiger partial charge in [-0.3, -0.25) is 24.2 Å². The molecule has 0 aromatic heterocycles. The second kappa shape index (κ2) is 8.02. The number of carbonyl (C=O) groups is 3. The van der Waals surface area contributed by atoms with E-state index < -0.39 is 0 Å². The van der Waals surface area contributed by atoms with Crippen molar-refractivity contribution in [2.24, 2.45) is 11.8 Å². The summed E-state index contributed by atoms with van der Waals surface area (Å²) < 4.78 is 5.57. The Morgan fingerprint density at radius 3 is 2.40 bits per heavy atom. The van der Waals surface area contributed by atoms with Crippen molar-refractivity contribution in [2.45, 2.75) is 38.6 Å². The number of piperazine rings is 1. The van der Waals surface area contributed by atoms with Crippen molar-refractivity contribution < 1.29 is 19.1 Å². The lowest BCUT2D eigenvalue weighted by atomic mass is 9.81. The first-order valence-electron chi connectivity index (χ1n) is 11.2. The average molecular weight is 412 g/mol. The molecule has 1 saturated carbocycles. The highest BCUT2D eigenvalue weighted by atomic mass is 16.5. The lowest BCUT2D eigenvalue weighted by Gasteiger charge is -2.35. The van der Waals surface area contributed by atoms with E-state index in [1.807, 2.05) is 0 Å². The molecule has 0 bridgehead atoms. The zero-order valence-corrected chi connectivity index (χ0v) is 17.3. The van der Waals surface area contributed by atoms with E-state index in [9.17, 15) is 14.4 Å². The van der Waals surface area contributed by atoms with E-state index in [4.69, 9.17) is 4.74 Å². The molecule has 7 heteroatoms. The Balaban J connectivity index is 1.13. The number of carbonyl (C=O) groups excluding carboxylic acids is 3. The van der Waals surface area contributed by atoms with Gasteiger partial charge in [0.15, 0.2) is 0 Å². The van der Waals surface area contributed by atoms with E-state index in [-0.39, 0.29) is 36.1 Å². The SMILES string of the molecule is O=C(CN1C(=O)[C@H]2CCCC[C@@H]2C1=O)N1CCN(Cc2ccc3c(c2)CCO3)CC1. The predicted octanol–water partition coefficient (Wildman–Crippen LogP) is 1.44. The van der Waals surface area contributed by atoms with Crippen LogP contribution in [0.15, 0.2) is 18.2 Å². The first-order chi connectivity index (χ1) is 14.6. The minimum atomic E-state index is -0.186. The number of rotatable bonds is 4. The maximum atomic E-state index is 12.8. The predicted molar refractivity (Wildman–Crippen MR) is 110 cm³/mol. The third kappa shape index (κ3) is 3.60. The minimum absolute atomic E-state index is 0.0878. The van der Waals surface area contributed by atoms with E-state index in [0.29, 0.717) is 13.1 Å². The van der Waals surface area contributed by atoms with Gasteiger partial charge in [0, 0.05) is 39.1 Å². The Labute approximate surface area is 176 Å². The number of benzene rings is 1. The summed E-state index contributed by atoms with van der Waals surface area (Å²) in [6, 6.07) is 6.40. The molecular weight excluding hydrogens is 382 g/mol. The molecule has 160 valence electrons. The van der Waals surface area contributed by atoms with Crippen LogP contribution in [0.1, 0.15) is 36.8 Å². The van der Waals surface area contributed by atoms with Gasteiger partial charge in [-0.15, -0.1) is 0 Å². The Morgan fingerprint density at radius 2 is 1.70 bits per heavy atom. The zero-order chi connectivity index (χ0) is 20.7. The number of nitrogens with zero attached hydrogens (tertiary/aromatic N) is 3. The summed E-state index contributed by atoms with van der Waals surface area (Å²) in [5.74, 6) is 0.265. The second-order valence-electron chi connectivity index (χ2n) is 8.96. The molecule has 1 aromatic carbocycles. The maximum absolute atomic E-state index is 12.8. The lowest BCUT2D eigenvalue weighted by Crippen LogP contribution is -2.51. The van der Waals surface area contributed by atoms with Gasteiger partial charge in [-0.05, 0) is 30.0 Å². The fourth-order valence-electron chi connectivity index (χ4n) is 5.37. The normalized spacial score (nSPS) is 26.5. The van der Waals surface area contributed by atoms with Crippen LogP contribution in [-0.4, -0.2) is 71.8 Å². The van der Waals surface area contributed by atoms with E-state index in [0.717, 1.165) is 64.1 Å². The monoisotopic (exact) mass is 411 g/mol. The van der Waals surface area contributed by atoms with E-state index in [1.165, 1.54) is 16.0 Å². The molecule has 3 fully saturated rings. The van der Waals surface area contributed by atoms with E-state index >= 15 is 0 Å². The summed E-state index contributed by atoms with van der Waals surface area (Å²) in [5.41, 5.74) is 2.55. The van der Waals surface area contributed by atoms with Gasteiger partial charge in [0.25, 0.3) is 0 Å². The van der Waals surface area contributed by atoms with Gasteiger partial charge in [0.2, 0.25) is 17.7 Å². The molecule has 3 heterocycles. The highest BCUT2D eigenvalue weighted by Crippen LogP contribution is 2.38. The zero-order valence-electron chi connectivity index (χ0n) is 17.3. The molecule has 0 unspecified atom stereocenters. The molecule has 7 nitrogen and oxygen atoms in total. The average Bonchev–Trinajstić information content (AvgIpc) is 3.33. The largest absolute Gasteiger partial charge is 0.493 e. The van der Waals surface area contributed by atoms with Gasteiger partial charge in [0.05, 0.1) is 18.4 Å². The van der Waals surface area contributed by atoms with Crippen molar-refractivity contribution in [3.8, 4) is 5.75 Å². The molecule has 0 N–H and O–H groups in total. The summed E-state index contributed by atoms with van der Waals surface area (Å²) in [7, 11) is 0. The van der Waals surface area contributed by atoms with Gasteiger partial charge in [-0.25, -0.2) is 0 Å². The Kier molecular flexibility index (Phi) is 5.23. The number of amides is 3. The van der Waals surface area contributed by atoms with Gasteiger partial charge < -0.3 is 9.64 Å². The van der Waals surface area contributed by atoms with Crippen molar-refractivity contribution >= 4 is 17.7 Å². The summed E-state index contributed by atoms with van der Waals surface area (Å²) in [4.78, 5) is 43.4. The van der Waals surface area contributed by atoms with Gasteiger partial charge in [0.1, 0.15) is 12.3 Å². The van der Waals surface area contributed by atoms with Gasteiger partial charge >= 0.3 is 0 Å². The Bertz CT molecular complexity index is 838. The van der Waals surface area contributed by atoms with Crippen LogP contribution >= 0.6 is 0 Å².